The monoisotopic (exact) mass is 368 g/mol. The lowest BCUT2D eigenvalue weighted by Crippen LogP contribution is -2.63. The van der Waals surface area contributed by atoms with E-state index in [9.17, 15) is 18.4 Å². The second-order valence-corrected chi connectivity index (χ2v) is 7.10. The summed E-state index contributed by atoms with van der Waals surface area (Å²) in [5.74, 6) is -0.574. The minimum atomic E-state index is -0.538. The summed E-state index contributed by atoms with van der Waals surface area (Å²) in [6.45, 7) is 2.67. The molecule has 0 atom stereocenters. The Kier molecular flexibility index (Phi) is 5.29. The van der Waals surface area contributed by atoms with E-state index in [0.29, 0.717) is 31.1 Å². The van der Waals surface area contributed by atoms with Gasteiger partial charge in [-0.05, 0) is 36.8 Å². The number of nitrogens with zero attached hydrogens (tertiary/aromatic N) is 1. The summed E-state index contributed by atoms with van der Waals surface area (Å²) >= 11 is 0. The molecule has 142 valence electrons. The number of nitrogens with one attached hydrogen (secondary N) is 1. The van der Waals surface area contributed by atoms with E-state index in [1.807, 2.05) is 0 Å². The molecule has 3 fully saturated rings. The van der Waals surface area contributed by atoms with Crippen LogP contribution in [0.5, 0.6) is 0 Å². The first-order chi connectivity index (χ1) is 12.4. The normalized spacial score (nSPS) is 20.3. The van der Waals surface area contributed by atoms with E-state index in [2.05, 4.69) is 14.8 Å². The molecule has 1 spiro atoms. The van der Waals surface area contributed by atoms with Crippen LogP contribution in [0.25, 0.3) is 0 Å². The Hall–Kier alpha value is -2.38. The van der Waals surface area contributed by atoms with Crippen molar-refractivity contribution in [3.8, 4) is 0 Å². The Morgan fingerprint density at radius 3 is 2.62 bits per heavy atom. The van der Waals surface area contributed by atoms with Crippen molar-refractivity contribution in [2.75, 3.05) is 33.4 Å². The number of cyclic esters (lactones) is 1. The minimum absolute atomic E-state index is 0.218. The van der Waals surface area contributed by atoms with Crippen LogP contribution in [0.3, 0.4) is 0 Å². The summed E-state index contributed by atoms with van der Waals surface area (Å²) < 4.78 is 35.5. The van der Waals surface area contributed by atoms with Crippen LogP contribution < -0.4 is 5.32 Å². The highest BCUT2D eigenvalue weighted by molar-refractivity contribution is 5.69. The number of methoxy groups -OCH3 is 1. The van der Waals surface area contributed by atoms with Gasteiger partial charge in [0.15, 0.2) is 0 Å². The van der Waals surface area contributed by atoms with Crippen molar-refractivity contribution in [1.82, 2.24) is 10.2 Å². The first-order valence-electron chi connectivity index (χ1n) is 8.58. The number of benzene rings is 1. The van der Waals surface area contributed by atoms with Gasteiger partial charge in [-0.1, -0.05) is 6.07 Å². The first kappa shape index (κ1) is 18.4. The van der Waals surface area contributed by atoms with Crippen LogP contribution >= 0.6 is 0 Å². The number of likely N-dealkylation sites (tertiary alicyclic amines) is 1. The fourth-order valence-corrected chi connectivity index (χ4v) is 3.94. The van der Waals surface area contributed by atoms with E-state index < -0.39 is 11.6 Å². The second-order valence-electron chi connectivity index (χ2n) is 7.10. The average molecular weight is 368 g/mol. The van der Waals surface area contributed by atoms with Crippen molar-refractivity contribution in [1.29, 1.82) is 0 Å². The molecule has 1 aliphatic carbocycles. The minimum Gasteiger partial charge on any atom is -0.453 e. The molecule has 1 aromatic carbocycles. The lowest BCUT2D eigenvalue weighted by Gasteiger charge is -2.58. The van der Waals surface area contributed by atoms with Crippen LogP contribution in [0, 0.1) is 23.0 Å². The molecule has 0 aromatic heterocycles. The molecule has 1 saturated carbocycles. The van der Waals surface area contributed by atoms with Crippen molar-refractivity contribution >= 4 is 12.2 Å². The summed E-state index contributed by atoms with van der Waals surface area (Å²) in [7, 11) is 1.38. The maximum absolute atomic E-state index is 13.6. The number of rotatable bonds is 2. The van der Waals surface area contributed by atoms with Crippen LogP contribution in [-0.2, 0) is 15.9 Å². The summed E-state index contributed by atoms with van der Waals surface area (Å²) in [5, 5.41) is 2.46. The van der Waals surface area contributed by atoms with E-state index >= 15 is 0 Å². The predicted molar refractivity (Wildman–Crippen MR) is 88.5 cm³/mol. The Balaban J connectivity index is 0.000000278. The van der Waals surface area contributed by atoms with Crippen molar-refractivity contribution in [2.45, 2.75) is 19.3 Å². The van der Waals surface area contributed by atoms with Gasteiger partial charge < -0.3 is 19.7 Å². The zero-order chi connectivity index (χ0) is 18.7. The van der Waals surface area contributed by atoms with E-state index in [1.54, 1.807) is 4.90 Å². The first-order valence-corrected chi connectivity index (χ1v) is 8.58. The van der Waals surface area contributed by atoms with Gasteiger partial charge in [-0.15, -0.1) is 0 Å². The van der Waals surface area contributed by atoms with Crippen LogP contribution in [0.15, 0.2) is 18.2 Å². The highest BCUT2D eigenvalue weighted by Crippen LogP contribution is 2.53. The zero-order valence-corrected chi connectivity index (χ0v) is 14.6. The smallest absolute Gasteiger partial charge is 0.409 e. The van der Waals surface area contributed by atoms with Crippen molar-refractivity contribution in [2.24, 2.45) is 11.3 Å². The average Bonchev–Trinajstić information content (AvgIpc) is 3.01. The van der Waals surface area contributed by atoms with E-state index in [-0.39, 0.29) is 17.6 Å². The standard InChI is InChI=1S/C15H17F2NO2.C3H5NO2/c1-20-14(19)18-8-15(9-18)6-10(7-15)4-11-2-3-12(16)5-13(11)17;5-3-4-1-2-6-3/h2-3,5,10H,4,6-9H2,1H3;1-2H2,(H,4,5). The number of alkyl carbamates (subject to hydrolysis) is 1. The molecule has 0 radical (unpaired) electrons. The van der Waals surface area contributed by atoms with Crippen LogP contribution in [0.2, 0.25) is 0 Å². The van der Waals surface area contributed by atoms with Gasteiger partial charge in [0.2, 0.25) is 0 Å². The Morgan fingerprint density at radius 2 is 2.12 bits per heavy atom. The molecule has 1 aromatic rings. The quantitative estimate of drug-likeness (QED) is 0.872. The van der Waals surface area contributed by atoms with Gasteiger partial charge in [0.05, 0.1) is 13.7 Å². The van der Waals surface area contributed by atoms with Gasteiger partial charge in [0.25, 0.3) is 0 Å². The van der Waals surface area contributed by atoms with E-state index in [4.69, 9.17) is 0 Å². The Morgan fingerprint density at radius 1 is 1.38 bits per heavy atom. The molecular formula is C18H22F2N2O4. The number of ether oxygens (including phenoxy) is 2. The second kappa shape index (κ2) is 7.47. The lowest BCUT2D eigenvalue weighted by molar-refractivity contribution is -0.0820. The van der Waals surface area contributed by atoms with Crippen molar-refractivity contribution < 1.29 is 27.8 Å². The molecule has 6 nitrogen and oxygen atoms in total. The van der Waals surface area contributed by atoms with E-state index in [1.165, 1.54) is 19.2 Å². The Bertz CT molecular complexity index is 676. The summed E-state index contributed by atoms with van der Waals surface area (Å²) in [5.41, 5.74) is 0.797. The van der Waals surface area contributed by atoms with Gasteiger partial charge >= 0.3 is 12.2 Å². The number of amides is 2. The summed E-state index contributed by atoms with van der Waals surface area (Å²) in [6, 6.07) is 3.76. The largest absolute Gasteiger partial charge is 0.453 e. The molecule has 3 aliphatic rings. The molecule has 1 N–H and O–H groups in total. The fraction of sp³-hybridized carbons (Fsp3) is 0.556. The highest BCUT2D eigenvalue weighted by Gasteiger charge is 2.53. The third-order valence-electron chi connectivity index (χ3n) is 5.06. The molecule has 0 bridgehead atoms. The maximum Gasteiger partial charge on any atom is 0.409 e. The van der Waals surface area contributed by atoms with Crippen molar-refractivity contribution in [3.05, 3.63) is 35.4 Å². The molecule has 2 aliphatic heterocycles. The van der Waals surface area contributed by atoms with Crippen LogP contribution in [-0.4, -0.2) is 50.4 Å². The third-order valence-corrected chi connectivity index (χ3v) is 5.06. The molecule has 2 heterocycles. The highest BCUT2D eigenvalue weighted by atomic mass is 19.1. The number of hydrogen-bond acceptors (Lipinski definition) is 4. The molecule has 26 heavy (non-hydrogen) atoms. The number of carbonyl (C=O) groups is 2. The molecule has 2 saturated heterocycles. The molecular weight excluding hydrogens is 346 g/mol. The zero-order valence-electron chi connectivity index (χ0n) is 14.6. The lowest BCUT2D eigenvalue weighted by atomic mass is 9.56. The van der Waals surface area contributed by atoms with Gasteiger partial charge in [0, 0.05) is 24.6 Å². The molecule has 2 amide bonds. The molecule has 4 rings (SSSR count). The van der Waals surface area contributed by atoms with Gasteiger partial charge in [-0.25, -0.2) is 18.4 Å². The fourth-order valence-electron chi connectivity index (χ4n) is 3.94. The molecule has 8 heteroatoms. The third kappa shape index (κ3) is 4.05. The van der Waals surface area contributed by atoms with Crippen LogP contribution in [0.4, 0.5) is 18.4 Å². The van der Waals surface area contributed by atoms with Gasteiger partial charge in [0.1, 0.15) is 18.2 Å². The number of carbonyl (C=O) groups excluding carboxylic acids is 2. The molecule has 0 unspecified atom stereocenters. The Labute approximate surface area is 150 Å². The summed E-state index contributed by atoms with van der Waals surface area (Å²) in [4.78, 5) is 22.9. The van der Waals surface area contributed by atoms with Crippen LogP contribution in [0.1, 0.15) is 18.4 Å². The van der Waals surface area contributed by atoms with E-state index in [0.717, 1.165) is 32.0 Å². The van der Waals surface area contributed by atoms with Gasteiger partial charge in [-0.3, -0.25) is 0 Å². The predicted octanol–water partition coefficient (Wildman–Crippen LogP) is 2.71. The van der Waals surface area contributed by atoms with Gasteiger partial charge in [-0.2, -0.15) is 0 Å². The summed E-state index contributed by atoms with van der Waals surface area (Å²) in [6.07, 6.45) is 2.07. The maximum atomic E-state index is 13.6. The SMILES string of the molecule is COC(=O)N1CC2(CC(Cc3ccc(F)cc3F)C2)C1.O=C1NCCO1. The topological polar surface area (TPSA) is 67.9 Å². The number of hydrogen-bond donors (Lipinski definition) is 1. The van der Waals surface area contributed by atoms with Crippen molar-refractivity contribution in [3.63, 3.8) is 0 Å². The number of halogens is 2.